The third-order valence-corrected chi connectivity index (χ3v) is 3.20. The average Bonchev–Trinajstić information content (AvgIpc) is 2.38. The molecule has 0 amide bonds. The van der Waals surface area contributed by atoms with Crippen LogP contribution in [0.4, 0.5) is 4.39 Å². The Labute approximate surface area is 102 Å². The first-order valence-electron chi connectivity index (χ1n) is 6.37. The maximum absolute atomic E-state index is 12.7. The van der Waals surface area contributed by atoms with Gasteiger partial charge in [0.25, 0.3) is 0 Å². The molecule has 0 aromatic heterocycles. The van der Waals surface area contributed by atoms with Gasteiger partial charge in [0.05, 0.1) is 13.2 Å². The Morgan fingerprint density at radius 1 is 1.29 bits per heavy atom. The predicted octanol–water partition coefficient (Wildman–Crippen LogP) is 2.38. The van der Waals surface area contributed by atoms with Crippen molar-refractivity contribution in [1.29, 1.82) is 0 Å². The van der Waals surface area contributed by atoms with Crippen LogP contribution in [0.25, 0.3) is 0 Å². The van der Waals surface area contributed by atoms with Gasteiger partial charge in [0, 0.05) is 6.54 Å². The van der Waals surface area contributed by atoms with E-state index in [9.17, 15) is 4.39 Å². The monoisotopic (exact) mass is 237 g/mol. The fraction of sp³-hybridized carbons (Fsp3) is 0.571. The lowest BCUT2D eigenvalue weighted by Crippen LogP contribution is -2.32. The van der Waals surface area contributed by atoms with E-state index in [4.69, 9.17) is 4.74 Å². The van der Waals surface area contributed by atoms with Crippen molar-refractivity contribution in [2.75, 3.05) is 26.3 Å². The lowest BCUT2D eigenvalue weighted by atomic mass is 10.0. The topological polar surface area (TPSA) is 21.3 Å². The smallest absolute Gasteiger partial charge is 0.123 e. The minimum absolute atomic E-state index is 0.178. The standard InChI is InChI=1S/C14H20FNO/c15-14-5-3-12(4-6-14)7-9-17-11-13-2-1-8-16-10-13/h3-6,13,16H,1-2,7-11H2/t13-/m1/s1. The summed E-state index contributed by atoms with van der Waals surface area (Å²) in [4.78, 5) is 0. The van der Waals surface area contributed by atoms with Gasteiger partial charge in [-0.15, -0.1) is 0 Å². The largest absolute Gasteiger partial charge is 0.381 e. The Morgan fingerprint density at radius 2 is 2.12 bits per heavy atom. The van der Waals surface area contributed by atoms with E-state index in [1.165, 1.54) is 25.0 Å². The van der Waals surface area contributed by atoms with E-state index < -0.39 is 0 Å². The number of halogens is 1. The quantitative estimate of drug-likeness (QED) is 0.794. The molecule has 1 aliphatic rings. The van der Waals surface area contributed by atoms with E-state index in [1.807, 2.05) is 12.1 Å². The molecule has 3 heteroatoms. The zero-order valence-corrected chi connectivity index (χ0v) is 10.1. The Bertz CT molecular complexity index is 319. The van der Waals surface area contributed by atoms with E-state index in [0.29, 0.717) is 5.92 Å². The second-order valence-corrected chi connectivity index (χ2v) is 4.66. The maximum Gasteiger partial charge on any atom is 0.123 e. The number of piperidine rings is 1. The summed E-state index contributed by atoms with van der Waals surface area (Å²) < 4.78 is 18.4. The Hall–Kier alpha value is -0.930. The van der Waals surface area contributed by atoms with Gasteiger partial charge in [-0.25, -0.2) is 4.39 Å². The number of hydrogen-bond donors (Lipinski definition) is 1. The van der Waals surface area contributed by atoms with Crippen LogP contribution >= 0.6 is 0 Å². The molecule has 2 nitrogen and oxygen atoms in total. The summed E-state index contributed by atoms with van der Waals surface area (Å²) >= 11 is 0. The highest BCUT2D eigenvalue weighted by atomic mass is 19.1. The lowest BCUT2D eigenvalue weighted by Gasteiger charge is -2.22. The van der Waals surface area contributed by atoms with Gasteiger partial charge in [-0.05, 0) is 49.4 Å². The first kappa shape index (κ1) is 12.5. The van der Waals surface area contributed by atoms with Crippen LogP contribution < -0.4 is 5.32 Å². The second-order valence-electron chi connectivity index (χ2n) is 4.66. The summed E-state index contributed by atoms with van der Waals surface area (Å²) in [6.45, 7) is 3.79. The van der Waals surface area contributed by atoms with Gasteiger partial charge in [-0.3, -0.25) is 0 Å². The van der Waals surface area contributed by atoms with Crippen LogP contribution in [-0.2, 0) is 11.2 Å². The first-order chi connectivity index (χ1) is 8.34. The third kappa shape index (κ3) is 4.44. The molecule has 0 spiro atoms. The van der Waals surface area contributed by atoms with E-state index in [1.54, 1.807) is 0 Å². The SMILES string of the molecule is Fc1ccc(CCOC[C@@H]2CCCNC2)cc1. The fourth-order valence-corrected chi connectivity index (χ4v) is 2.16. The molecular weight excluding hydrogens is 217 g/mol. The van der Waals surface area contributed by atoms with Crippen molar-refractivity contribution in [2.24, 2.45) is 5.92 Å². The summed E-state index contributed by atoms with van der Waals surface area (Å²) in [5.41, 5.74) is 1.13. The molecule has 17 heavy (non-hydrogen) atoms. The van der Waals surface area contributed by atoms with Crippen LogP contribution in [0, 0.1) is 11.7 Å². The average molecular weight is 237 g/mol. The highest BCUT2D eigenvalue weighted by molar-refractivity contribution is 5.15. The molecule has 1 heterocycles. The van der Waals surface area contributed by atoms with Crippen LogP contribution in [0.2, 0.25) is 0 Å². The molecule has 0 aliphatic carbocycles. The molecule has 1 saturated heterocycles. The molecule has 0 unspecified atom stereocenters. The first-order valence-corrected chi connectivity index (χ1v) is 6.37. The van der Waals surface area contributed by atoms with E-state index in [2.05, 4.69) is 5.32 Å². The number of rotatable bonds is 5. The molecule has 0 radical (unpaired) electrons. The highest BCUT2D eigenvalue weighted by Crippen LogP contribution is 2.10. The fourth-order valence-electron chi connectivity index (χ4n) is 2.16. The summed E-state index contributed by atoms with van der Waals surface area (Å²) in [5.74, 6) is 0.486. The lowest BCUT2D eigenvalue weighted by molar-refractivity contribution is 0.0921. The molecule has 2 rings (SSSR count). The Kier molecular flexibility index (Phi) is 4.95. The van der Waals surface area contributed by atoms with Crippen molar-refractivity contribution in [2.45, 2.75) is 19.3 Å². The molecule has 0 saturated carbocycles. The van der Waals surface area contributed by atoms with E-state index in [-0.39, 0.29) is 5.82 Å². The zero-order valence-electron chi connectivity index (χ0n) is 10.1. The van der Waals surface area contributed by atoms with Crippen LogP contribution in [0.15, 0.2) is 24.3 Å². The van der Waals surface area contributed by atoms with E-state index >= 15 is 0 Å². The summed E-state index contributed by atoms with van der Waals surface area (Å²) in [7, 11) is 0. The molecule has 94 valence electrons. The van der Waals surface area contributed by atoms with Gasteiger partial charge >= 0.3 is 0 Å². The molecular formula is C14H20FNO. The number of ether oxygens (including phenoxy) is 1. The molecule has 1 aliphatic heterocycles. The van der Waals surface area contributed by atoms with Crippen molar-refractivity contribution in [3.8, 4) is 0 Å². The minimum Gasteiger partial charge on any atom is -0.381 e. The Morgan fingerprint density at radius 3 is 2.82 bits per heavy atom. The van der Waals surface area contributed by atoms with Crippen LogP contribution in [-0.4, -0.2) is 26.3 Å². The molecule has 1 N–H and O–H groups in total. The summed E-state index contributed by atoms with van der Waals surface area (Å²) in [6, 6.07) is 6.64. The van der Waals surface area contributed by atoms with Crippen LogP contribution in [0.1, 0.15) is 18.4 Å². The van der Waals surface area contributed by atoms with Crippen LogP contribution in [0.5, 0.6) is 0 Å². The second kappa shape index (κ2) is 6.72. The maximum atomic E-state index is 12.7. The predicted molar refractivity (Wildman–Crippen MR) is 66.5 cm³/mol. The molecule has 1 atom stereocenters. The van der Waals surface area contributed by atoms with Crippen molar-refractivity contribution in [3.05, 3.63) is 35.6 Å². The van der Waals surface area contributed by atoms with Gasteiger partial charge in [-0.1, -0.05) is 12.1 Å². The van der Waals surface area contributed by atoms with Crippen LogP contribution in [0.3, 0.4) is 0 Å². The number of hydrogen-bond acceptors (Lipinski definition) is 2. The van der Waals surface area contributed by atoms with Gasteiger partial charge < -0.3 is 10.1 Å². The van der Waals surface area contributed by atoms with Crippen molar-refractivity contribution < 1.29 is 9.13 Å². The number of benzene rings is 1. The van der Waals surface area contributed by atoms with Gasteiger partial charge in [0.15, 0.2) is 0 Å². The normalized spacial score (nSPS) is 20.4. The van der Waals surface area contributed by atoms with Crippen molar-refractivity contribution in [1.82, 2.24) is 5.32 Å². The molecule has 1 aromatic carbocycles. The summed E-state index contributed by atoms with van der Waals surface area (Å²) in [6.07, 6.45) is 3.38. The van der Waals surface area contributed by atoms with Gasteiger partial charge in [-0.2, -0.15) is 0 Å². The molecule has 1 aromatic rings. The van der Waals surface area contributed by atoms with Gasteiger partial charge in [0.2, 0.25) is 0 Å². The Balaban J connectivity index is 1.60. The van der Waals surface area contributed by atoms with E-state index in [0.717, 1.165) is 38.3 Å². The minimum atomic E-state index is -0.178. The summed E-state index contributed by atoms with van der Waals surface area (Å²) in [5, 5.41) is 3.38. The zero-order chi connectivity index (χ0) is 11.9. The van der Waals surface area contributed by atoms with Crippen molar-refractivity contribution in [3.63, 3.8) is 0 Å². The van der Waals surface area contributed by atoms with Gasteiger partial charge in [0.1, 0.15) is 5.82 Å². The molecule has 0 bridgehead atoms. The van der Waals surface area contributed by atoms with Crippen molar-refractivity contribution >= 4 is 0 Å². The number of nitrogens with one attached hydrogen (secondary N) is 1. The molecule has 1 fully saturated rings. The highest BCUT2D eigenvalue weighted by Gasteiger charge is 2.12. The third-order valence-electron chi connectivity index (χ3n) is 3.20.